The summed E-state index contributed by atoms with van der Waals surface area (Å²) in [5.74, 6) is -5.76. The van der Waals surface area contributed by atoms with Crippen molar-refractivity contribution in [3.63, 3.8) is 0 Å². The summed E-state index contributed by atoms with van der Waals surface area (Å²) >= 11 is 1.33. The molecule has 2 saturated heterocycles. The zero-order chi connectivity index (χ0) is 31.1. The van der Waals surface area contributed by atoms with E-state index in [0.717, 1.165) is 0 Å². The molecule has 2 fully saturated rings. The Kier molecular flexibility index (Phi) is 8.70. The van der Waals surface area contributed by atoms with Crippen molar-refractivity contribution in [2.45, 2.75) is 52.1 Å². The molecule has 0 amide bonds. The number of amidine groups is 1. The summed E-state index contributed by atoms with van der Waals surface area (Å²) in [7, 11) is 0. The van der Waals surface area contributed by atoms with Crippen molar-refractivity contribution in [1.82, 2.24) is 20.1 Å². The summed E-state index contributed by atoms with van der Waals surface area (Å²) in [5.41, 5.74) is 0.222. The van der Waals surface area contributed by atoms with Crippen LogP contribution in [0.1, 0.15) is 49.4 Å². The largest absolute Gasteiger partial charge is 0.481 e. The number of benzene rings is 1. The summed E-state index contributed by atoms with van der Waals surface area (Å²) in [4.78, 5) is 37.8. The van der Waals surface area contributed by atoms with Crippen molar-refractivity contribution >= 4 is 29.1 Å². The molecule has 3 atom stereocenters. The molecule has 232 valence electrons. The average molecular weight is 620 g/mol. The summed E-state index contributed by atoms with van der Waals surface area (Å²) in [6.07, 6.45) is 2.03. The topological polar surface area (TPSA) is 107 Å². The van der Waals surface area contributed by atoms with Gasteiger partial charge in [0.25, 0.3) is 5.92 Å². The fourth-order valence-corrected chi connectivity index (χ4v) is 6.86. The van der Waals surface area contributed by atoms with Gasteiger partial charge in [0.05, 0.1) is 30.1 Å². The molecule has 4 heterocycles. The smallest absolute Gasteiger partial charge is 0.338 e. The number of esters is 1. The summed E-state index contributed by atoms with van der Waals surface area (Å²) < 4.78 is 51.3. The average Bonchev–Trinajstić information content (AvgIpc) is 3.56. The van der Waals surface area contributed by atoms with Gasteiger partial charge < -0.3 is 20.1 Å². The number of halogens is 3. The Morgan fingerprint density at radius 3 is 2.74 bits per heavy atom. The number of thiazole rings is 1. The van der Waals surface area contributed by atoms with Crippen molar-refractivity contribution in [2.75, 3.05) is 39.3 Å². The number of nitrogens with one attached hydrogen (secondary N) is 1. The second kappa shape index (κ2) is 12.0. The van der Waals surface area contributed by atoms with Crippen LogP contribution in [0.25, 0.3) is 0 Å². The number of ether oxygens (including phenoxy) is 1. The van der Waals surface area contributed by atoms with Gasteiger partial charge in [-0.15, -0.1) is 11.3 Å². The number of carbonyl (C=O) groups excluding carboxylic acids is 1. The van der Waals surface area contributed by atoms with Gasteiger partial charge in [0.15, 0.2) is 10.8 Å². The number of carboxylic acids is 1. The Bertz CT molecular complexity index is 1450. The van der Waals surface area contributed by atoms with Crippen LogP contribution < -0.4 is 5.32 Å². The number of likely N-dealkylation sites (tertiary alicyclic amines) is 2. The maximum atomic E-state index is 15.6. The van der Waals surface area contributed by atoms with E-state index in [0.29, 0.717) is 40.6 Å². The fourth-order valence-electron chi connectivity index (χ4n) is 6.28. The van der Waals surface area contributed by atoms with Gasteiger partial charge in [-0.3, -0.25) is 14.7 Å². The molecule has 2 aromatic rings. The van der Waals surface area contributed by atoms with Crippen LogP contribution in [-0.2, 0) is 14.3 Å². The van der Waals surface area contributed by atoms with Gasteiger partial charge in [0, 0.05) is 43.0 Å². The van der Waals surface area contributed by atoms with E-state index in [2.05, 4.69) is 10.3 Å². The van der Waals surface area contributed by atoms with Crippen LogP contribution in [0, 0.1) is 24.1 Å². The molecule has 0 saturated carbocycles. The summed E-state index contributed by atoms with van der Waals surface area (Å²) in [6.45, 7) is 6.73. The van der Waals surface area contributed by atoms with Crippen LogP contribution in [0.2, 0.25) is 0 Å². The molecule has 0 aliphatic carbocycles. The normalized spacial score (nSPS) is 24.3. The first-order valence-corrected chi connectivity index (χ1v) is 15.2. The Labute approximate surface area is 252 Å². The summed E-state index contributed by atoms with van der Waals surface area (Å²) in [5, 5.41) is 15.1. The van der Waals surface area contributed by atoms with E-state index in [-0.39, 0.29) is 31.8 Å². The highest BCUT2D eigenvalue weighted by molar-refractivity contribution is 7.11. The van der Waals surface area contributed by atoms with Crippen molar-refractivity contribution in [2.24, 2.45) is 16.3 Å². The fraction of sp³-hybridized carbons (Fsp3) is 0.533. The lowest BCUT2D eigenvalue weighted by molar-refractivity contribution is -0.148. The molecule has 0 unspecified atom stereocenters. The van der Waals surface area contributed by atoms with E-state index in [1.54, 1.807) is 56.3 Å². The monoisotopic (exact) mass is 619 g/mol. The standard InChI is InChI=1S/C30H36F3N5O4S/c1-5-42-27(39)23-21(35-25(26-34-10-12-43-26)36-24(23)18-7-6-8-20(31)17(18)2)14-38-16-30(32,33)19-13-37(11-9-22(19)38)15-29(3,4)28(40)41/h6-8,10,12,19,22,24H,5,9,11,13-16H2,1-4H3,(H,35,36)(H,40,41)/t19-,22+,24-/m0/s1. The number of piperidine rings is 1. The van der Waals surface area contributed by atoms with E-state index in [9.17, 15) is 19.1 Å². The molecule has 1 aromatic heterocycles. The highest BCUT2D eigenvalue weighted by Gasteiger charge is 2.56. The van der Waals surface area contributed by atoms with Gasteiger partial charge in [0.2, 0.25) is 0 Å². The molecule has 3 aliphatic rings. The van der Waals surface area contributed by atoms with Crippen molar-refractivity contribution in [3.8, 4) is 0 Å². The number of hydrogen-bond acceptors (Lipinski definition) is 9. The van der Waals surface area contributed by atoms with Crippen LogP contribution >= 0.6 is 11.3 Å². The maximum Gasteiger partial charge on any atom is 0.338 e. The number of fused-ring (bicyclic) bond motifs is 1. The Morgan fingerprint density at radius 2 is 2.07 bits per heavy atom. The van der Waals surface area contributed by atoms with Gasteiger partial charge >= 0.3 is 11.9 Å². The van der Waals surface area contributed by atoms with Crippen molar-refractivity contribution in [1.29, 1.82) is 0 Å². The molecule has 0 radical (unpaired) electrons. The molecule has 1 aromatic carbocycles. The van der Waals surface area contributed by atoms with E-state index >= 15 is 8.78 Å². The minimum atomic E-state index is -3.03. The predicted octanol–water partition coefficient (Wildman–Crippen LogP) is 4.25. The first-order valence-electron chi connectivity index (χ1n) is 14.3. The van der Waals surface area contributed by atoms with Crippen LogP contribution in [0.5, 0.6) is 0 Å². The van der Waals surface area contributed by atoms with Crippen LogP contribution in [0.15, 0.2) is 46.0 Å². The highest BCUT2D eigenvalue weighted by atomic mass is 32.1. The Balaban J connectivity index is 1.51. The highest BCUT2D eigenvalue weighted by Crippen LogP contribution is 2.44. The number of carbonyl (C=O) groups is 2. The third kappa shape index (κ3) is 6.20. The van der Waals surface area contributed by atoms with Gasteiger partial charge in [-0.25, -0.2) is 22.9 Å². The lowest BCUT2D eigenvalue weighted by Gasteiger charge is -2.41. The number of aliphatic carboxylic acids is 1. The number of hydrogen-bond donors (Lipinski definition) is 2. The van der Waals surface area contributed by atoms with Gasteiger partial charge in [-0.05, 0) is 57.9 Å². The lowest BCUT2D eigenvalue weighted by atomic mass is 9.87. The molecule has 5 rings (SSSR count). The van der Waals surface area contributed by atoms with E-state index in [1.807, 2.05) is 4.90 Å². The molecule has 0 spiro atoms. The van der Waals surface area contributed by atoms with Crippen molar-refractivity contribution in [3.05, 3.63) is 63.0 Å². The molecule has 2 N–H and O–H groups in total. The quantitative estimate of drug-likeness (QED) is 0.402. The lowest BCUT2D eigenvalue weighted by Crippen LogP contribution is -2.52. The van der Waals surface area contributed by atoms with E-state index in [4.69, 9.17) is 9.73 Å². The number of nitrogens with zero attached hydrogens (tertiary/aromatic N) is 4. The molecule has 3 aliphatic heterocycles. The summed E-state index contributed by atoms with van der Waals surface area (Å²) in [6, 6.07) is 3.14. The molecule has 13 heteroatoms. The molecule has 9 nitrogen and oxygen atoms in total. The SMILES string of the molecule is CCOC(=O)C1=C(CN2CC(F)(F)[C@H]3CN(CC(C)(C)C(=O)O)CC[C@H]32)NC(c2nccs2)=N[C@H]1c1cccc(F)c1C. The second-order valence-corrected chi connectivity index (χ2v) is 12.9. The molecular weight excluding hydrogens is 583 g/mol. The zero-order valence-corrected chi connectivity index (χ0v) is 25.4. The van der Waals surface area contributed by atoms with E-state index < -0.39 is 53.6 Å². The minimum Gasteiger partial charge on any atom is -0.481 e. The second-order valence-electron chi connectivity index (χ2n) is 12.0. The first-order chi connectivity index (χ1) is 20.3. The maximum absolute atomic E-state index is 15.6. The van der Waals surface area contributed by atoms with Crippen molar-refractivity contribution < 1.29 is 32.6 Å². The minimum absolute atomic E-state index is 0.0131. The predicted molar refractivity (Wildman–Crippen MR) is 156 cm³/mol. The molecule has 0 bridgehead atoms. The first kappa shape index (κ1) is 31.1. The van der Waals surface area contributed by atoms with Crippen LogP contribution in [0.3, 0.4) is 0 Å². The third-order valence-electron chi connectivity index (χ3n) is 8.51. The molecular formula is C30H36F3N5O4S. The molecule has 43 heavy (non-hydrogen) atoms. The third-order valence-corrected chi connectivity index (χ3v) is 9.29. The Morgan fingerprint density at radius 1 is 1.30 bits per heavy atom. The van der Waals surface area contributed by atoms with Gasteiger partial charge in [-0.1, -0.05) is 12.1 Å². The number of rotatable bonds is 9. The van der Waals surface area contributed by atoms with Crippen LogP contribution in [0.4, 0.5) is 13.2 Å². The van der Waals surface area contributed by atoms with Gasteiger partial charge in [-0.2, -0.15) is 0 Å². The van der Waals surface area contributed by atoms with E-state index in [1.165, 1.54) is 17.4 Å². The van der Waals surface area contributed by atoms with Crippen LogP contribution in [-0.4, -0.2) is 89.0 Å². The Hall–Kier alpha value is -3.29. The van der Waals surface area contributed by atoms with Gasteiger partial charge in [0.1, 0.15) is 11.9 Å². The number of carboxylic acid groups (broad SMARTS) is 1. The zero-order valence-electron chi connectivity index (χ0n) is 24.6. The number of aromatic nitrogens is 1. The number of alkyl halides is 2. The number of aliphatic imine (C=N–C) groups is 1.